The molecule has 0 fully saturated rings. The van der Waals surface area contributed by atoms with Crippen molar-refractivity contribution < 1.29 is 9.53 Å². The monoisotopic (exact) mass is 436 g/mol. The lowest BCUT2D eigenvalue weighted by atomic mass is 10.1. The molecule has 0 radical (unpaired) electrons. The Bertz CT molecular complexity index is 1390. The number of hydrogen-bond acceptors (Lipinski definition) is 4. The Hall–Kier alpha value is -4.19. The van der Waals surface area contributed by atoms with Crippen molar-refractivity contribution >= 4 is 27.7 Å². The van der Waals surface area contributed by atoms with Gasteiger partial charge in [0.1, 0.15) is 17.3 Å². The van der Waals surface area contributed by atoms with Crippen molar-refractivity contribution in [3.8, 4) is 5.75 Å². The lowest BCUT2D eigenvalue weighted by molar-refractivity contribution is 0.0944. The van der Waals surface area contributed by atoms with Gasteiger partial charge in [0.15, 0.2) is 0 Å². The molecule has 6 nitrogen and oxygen atoms in total. The van der Waals surface area contributed by atoms with Crippen LogP contribution in [0.3, 0.4) is 0 Å². The second-order valence-electron chi connectivity index (χ2n) is 7.75. The van der Waals surface area contributed by atoms with E-state index >= 15 is 0 Å². The summed E-state index contributed by atoms with van der Waals surface area (Å²) in [6.07, 6.45) is 2.42. The first-order chi connectivity index (χ1) is 16.3. The van der Waals surface area contributed by atoms with Crippen LogP contribution in [0, 0.1) is 0 Å². The number of aromatic nitrogens is 3. The number of para-hydroxylation sites is 2. The minimum Gasteiger partial charge on any atom is -0.493 e. The fourth-order valence-corrected chi connectivity index (χ4v) is 3.98. The number of ether oxygens (including phenoxy) is 1. The van der Waals surface area contributed by atoms with Gasteiger partial charge in [-0.25, -0.2) is 4.98 Å². The van der Waals surface area contributed by atoms with Gasteiger partial charge < -0.3 is 14.6 Å². The summed E-state index contributed by atoms with van der Waals surface area (Å²) >= 11 is 0. The van der Waals surface area contributed by atoms with Crippen LogP contribution in [0.5, 0.6) is 5.75 Å². The smallest absolute Gasteiger partial charge is 0.270 e. The number of aryl methyl sites for hydroxylation is 1. The first kappa shape index (κ1) is 20.7. The van der Waals surface area contributed by atoms with Crippen LogP contribution in [-0.4, -0.2) is 27.0 Å². The summed E-state index contributed by atoms with van der Waals surface area (Å²) < 4.78 is 8.27. The number of nitrogens with one attached hydrogen (secondary N) is 1. The molecule has 0 aliphatic rings. The number of amides is 1. The average Bonchev–Trinajstić information content (AvgIpc) is 3.23. The van der Waals surface area contributed by atoms with Crippen molar-refractivity contribution in [1.82, 2.24) is 19.9 Å². The van der Waals surface area contributed by atoms with Gasteiger partial charge in [-0.15, -0.1) is 0 Å². The van der Waals surface area contributed by atoms with E-state index in [0.717, 1.165) is 41.0 Å². The van der Waals surface area contributed by atoms with Crippen molar-refractivity contribution in [2.45, 2.75) is 19.5 Å². The summed E-state index contributed by atoms with van der Waals surface area (Å²) in [4.78, 5) is 21.3. The fourth-order valence-electron chi connectivity index (χ4n) is 3.98. The number of nitrogens with zero attached hydrogens (tertiary/aromatic N) is 3. The van der Waals surface area contributed by atoms with Crippen molar-refractivity contribution in [2.75, 3.05) is 6.61 Å². The van der Waals surface area contributed by atoms with Gasteiger partial charge in [0.25, 0.3) is 5.91 Å². The normalized spacial score (nSPS) is 11.0. The Morgan fingerprint density at radius 3 is 2.64 bits per heavy atom. The van der Waals surface area contributed by atoms with E-state index in [-0.39, 0.29) is 5.91 Å². The summed E-state index contributed by atoms with van der Waals surface area (Å²) in [5.74, 6) is 1.49. The molecular formula is C27H24N4O2. The van der Waals surface area contributed by atoms with E-state index in [0.29, 0.717) is 18.8 Å². The summed E-state index contributed by atoms with van der Waals surface area (Å²) in [5, 5.41) is 5.22. The predicted octanol–water partition coefficient (Wildman–Crippen LogP) is 4.98. The minimum atomic E-state index is -0.214. The topological polar surface area (TPSA) is 69.0 Å². The van der Waals surface area contributed by atoms with E-state index in [1.54, 1.807) is 24.4 Å². The number of imidazole rings is 1. The Morgan fingerprint density at radius 1 is 0.909 bits per heavy atom. The van der Waals surface area contributed by atoms with Crippen molar-refractivity contribution in [3.63, 3.8) is 0 Å². The van der Waals surface area contributed by atoms with E-state index in [1.807, 2.05) is 42.5 Å². The minimum absolute atomic E-state index is 0.214. The summed E-state index contributed by atoms with van der Waals surface area (Å²) in [6, 6.07) is 27.6. The third kappa shape index (κ3) is 4.55. The summed E-state index contributed by atoms with van der Waals surface area (Å²) in [5.41, 5.74) is 2.35. The number of carbonyl (C=O) groups excluding carboxylic acids is 1. The molecule has 1 amide bonds. The molecule has 5 rings (SSSR count). The van der Waals surface area contributed by atoms with Crippen molar-refractivity contribution in [3.05, 3.63) is 103 Å². The van der Waals surface area contributed by atoms with Crippen LogP contribution in [0.2, 0.25) is 0 Å². The SMILES string of the molecule is O=C(NCc1nc2ccccc2n1CCCOc1cccc2ccccc12)c1ccccn1. The zero-order valence-electron chi connectivity index (χ0n) is 18.1. The highest BCUT2D eigenvalue weighted by molar-refractivity contribution is 5.92. The van der Waals surface area contributed by atoms with Gasteiger partial charge in [0, 0.05) is 18.1 Å². The van der Waals surface area contributed by atoms with Gasteiger partial charge in [0.05, 0.1) is 24.2 Å². The Morgan fingerprint density at radius 2 is 1.73 bits per heavy atom. The lowest BCUT2D eigenvalue weighted by Gasteiger charge is -2.12. The van der Waals surface area contributed by atoms with E-state index < -0.39 is 0 Å². The molecular weight excluding hydrogens is 412 g/mol. The standard InChI is InChI=1S/C27H24N4O2/c32-27(23-13-5-6-16-28-23)29-19-26-30-22-12-3-4-14-24(22)31(26)17-8-18-33-25-15-7-10-20-9-1-2-11-21(20)25/h1-7,9-16H,8,17-19H2,(H,29,32). The molecule has 1 N–H and O–H groups in total. The number of hydrogen-bond donors (Lipinski definition) is 1. The third-order valence-corrected chi connectivity index (χ3v) is 5.57. The second kappa shape index (κ2) is 9.53. The first-order valence-electron chi connectivity index (χ1n) is 11.0. The van der Waals surface area contributed by atoms with Gasteiger partial charge in [-0.2, -0.15) is 0 Å². The average molecular weight is 437 g/mol. The molecule has 2 aromatic heterocycles. The predicted molar refractivity (Wildman–Crippen MR) is 129 cm³/mol. The molecule has 33 heavy (non-hydrogen) atoms. The Balaban J connectivity index is 1.27. The Kier molecular flexibility index (Phi) is 5.97. The largest absolute Gasteiger partial charge is 0.493 e. The maximum atomic E-state index is 12.4. The molecule has 164 valence electrons. The fraction of sp³-hybridized carbons (Fsp3) is 0.148. The van der Waals surface area contributed by atoms with E-state index in [9.17, 15) is 4.79 Å². The van der Waals surface area contributed by atoms with Crippen LogP contribution in [0.15, 0.2) is 91.1 Å². The molecule has 6 heteroatoms. The number of rotatable bonds is 8. The number of pyridine rings is 1. The second-order valence-corrected chi connectivity index (χ2v) is 7.75. The Labute approximate surface area is 191 Å². The molecule has 0 bridgehead atoms. The highest BCUT2D eigenvalue weighted by atomic mass is 16.5. The van der Waals surface area contributed by atoms with E-state index in [4.69, 9.17) is 9.72 Å². The third-order valence-electron chi connectivity index (χ3n) is 5.57. The highest BCUT2D eigenvalue weighted by Crippen LogP contribution is 2.25. The number of carbonyl (C=O) groups is 1. The molecule has 0 spiro atoms. The molecule has 0 atom stereocenters. The first-order valence-corrected chi connectivity index (χ1v) is 11.0. The van der Waals surface area contributed by atoms with E-state index in [2.05, 4.69) is 39.1 Å². The van der Waals surface area contributed by atoms with Gasteiger partial charge in [-0.1, -0.05) is 54.6 Å². The van der Waals surface area contributed by atoms with Crippen molar-refractivity contribution in [2.24, 2.45) is 0 Å². The van der Waals surface area contributed by atoms with Crippen LogP contribution in [0.25, 0.3) is 21.8 Å². The zero-order valence-corrected chi connectivity index (χ0v) is 18.1. The molecule has 0 saturated heterocycles. The molecule has 3 aromatic carbocycles. The van der Waals surface area contributed by atoms with Gasteiger partial charge in [-0.05, 0) is 42.1 Å². The van der Waals surface area contributed by atoms with Gasteiger partial charge in [-0.3, -0.25) is 9.78 Å². The quantitative estimate of drug-likeness (QED) is 0.348. The number of benzene rings is 3. The van der Waals surface area contributed by atoms with E-state index in [1.165, 1.54) is 5.39 Å². The number of fused-ring (bicyclic) bond motifs is 2. The molecule has 0 unspecified atom stereocenters. The molecule has 0 aliphatic heterocycles. The van der Waals surface area contributed by atoms with Gasteiger partial charge >= 0.3 is 0 Å². The highest BCUT2D eigenvalue weighted by Gasteiger charge is 2.13. The molecule has 0 aliphatic carbocycles. The van der Waals surface area contributed by atoms with Crippen LogP contribution >= 0.6 is 0 Å². The van der Waals surface area contributed by atoms with Crippen molar-refractivity contribution in [1.29, 1.82) is 0 Å². The molecule has 2 heterocycles. The zero-order chi connectivity index (χ0) is 22.5. The maximum absolute atomic E-state index is 12.4. The van der Waals surface area contributed by atoms with Crippen LogP contribution in [-0.2, 0) is 13.1 Å². The summed E-state index contributed by atoms with van der Waals surface area (Å²) in [6.45, 7) is 1.65. The lowest BCUT2D eigenvalue weighted by Crippen LogP contribution is -2.25. The van der Waals surface area contributed by atoms with Gasteiger partial charge in [0.2, 0.25) is 0 Å². The van der Waals surface area contributed by atoms with Crippen LogP contribution in [0.1, 0.15) is 22.7 Å². The molecule has 0 saturated carbocycles. The maximum Gasteiger partial charge on any atom is 0.270 e. The van der Waals surface area contributed by atoms with Crippen LogP contribution < -0.4 is 10.1 Å². The summed E-state index contributed by atoms with van der Waals surface area (Å²) in [7, 11) is 0. The van der Waals surface area contributed by atoms with Crippen LogP contribution in [0.4, 0.5) is 0 Å². The molecule has 5 aromatic rings.